The van der Waals surface area contributed by atoms with E-state index >= 15 is 0 Å². The van der Waals surface area contributed by atoms with E-state index < -0.39 is 0 Å². The number of fused-ring (bicyclic) bond motifs is 1. The van der Waals surface area contributed by atoms with Crippen molar-refractivity contribution < 1.29 is 9.53 Å². The highest BCUT2D eigenvalue weighted by atomic mass is 16.5. The average Bonchev–Trinajstić information content (AvgIpc) is 3.00. The molecule has 0 fully saturated rings. The van der Waals surface area contributed by atoms with E-state index in [1.165, 1.54) is 0 Å². The third-order valence-electron chi connectivity index (χ3n) is 5.55. The number of aromatic nitrogens is 3. The first-order valence-electron chi connectivity index (χ1n) is 11.4. The minimum Gasteiger partial charge on any atom is -0.492 e. The van der Waals surface area contributed by atoms with Gasteiger partial charge in [0, 0.05) is 37.8 Å². The number of carbonyl (C=O) groups excluding carboxylic acids is 1. The van der Waals surface area contributed by atoms with E-state index in [4.69, 9.17) is 14.7 Å². The molecular weight excluding hydrogens is 402 g/mol. The number of Topliss-reactive ketones (excluding diaryl/α,β-unsaturated/α-hetero) is 1. The first-order chi connectivity index (χ1) is 15.0. The summed E-state index contributed by atoms with van der Waals surface area (Å²) in [4.78, 5) is 30.9. The lowest BCUT2D eigenvalue weighted by Crippen LogP contribution is -2.28. The molecule has 0 atom stereocenters. The number of likely N-dealkylation sites (N-methyl/N-ethyl adjacent to an activating group) is 2. The lowest BCUT2D eigenvalue weighted by Gasteiger charge is -2.22. The van der Waals surface area contributed by atoms with Crippen molar-refractivity contribution in [3.8, 4) is 17.3 Å². The van der Waals surface area contributed by atoms with Gasteiger partial charge in [0.15, 0.2) is 11.6 Å². The maximum atomic E-state index is 12.5. The van der Waals surface area contributed by atoms with E-state index in [0.717, 1.165) is 42.2 Å². The number of ether oxygens (including phenoxy) is 1. The van der Waals surface area contributed by atoms with E-state index in [2.05, 4.69) is 37.6 Å². The number of hydrogen-bond donors (Lipinski definition) is 0. The smallest absolute Gasteiger partial charge is 0.180 e. The Labute approximate surface area is 192 Å². The van der Waals surface area contributed by atoms with Gasteiger partial charge in [0.1, 0.15) is 23.9 Å². The summed E-state index contributed by atoms with van der Waals surface area (Å²) in [5.41, 5.74) is 3.01. The van der Waals surface area contributed by atoms with Gasteiger partial charge in [-0.3, -0.25) is 9.78 Å². The fourth-order valence-corrected chi connectivity index (χ4v) is 4.10. The highest BCUT2D eigenvalue weighted by molar-refractivity contribution is 5.83. The van der Waals surface area contributed by atoms with Crippen molar-refractivity contribution in [3.63, 3.8) is 0 Å². The molecule has 7 heteroatoms. The molecule has 1 aliphatic rings. The fraction of sp³-hybridized carbons (Fsp3) is 0.600. The number of ketones is 1. The summed E-state index contributed by atoms with van der Waals surface area (Å²) in [6.45, 7) is 10.4. The standard InChI is InChI=1S/C25H37N5O2/c1-17(2)12-18(31)16-30(7)24-20-14-25(3,4)15-22(20)27-23(28-24)21-13-19(8-9-26-21)32-11-10-29(5)6/h8-9,13,17H,10-12,14-16H2,1-7H3. The predicted octanol–water partition coefficient (Wildman–Crippen LogP) is 3.66. The van der Waals surface area contributed by atoms with Gasteiger partial charge in [-0.25, -0.2) is 9.97 Å². The van der Waals surface area contributed by atoms with E-state index in [9.17, 15) is 4.79 Å². The summed E-state index contributed by atoms with van der Waals surface area (Å²) in [6.07, 6.45) is 4.10. The Morgan fingerprint density at radius 3 is 2.62 bits per heavy atom. The van der Waals surface area contributed by atoms with Crippen LogP contribution in [0.3, 0.4) is 0 Å². The molecule has 0 radical (unpaired) electrons. The zero-order chi connectivity index (χ0) is 23.5. The first-order valence-corrected chi connectivity index (χ1v) is 11.4. The van der Waals surface area contributed by atoms with Gasteiger partial charge >= 0.3 is 0 Å². The molecule has 2 heterocycles. The van der Waals surface area contributed by atoms with E-state index in [1.54, 1.807) is 6.20 Å². The average molecular weight is 440 g/mol. The Morgan fingerprint density at radius 1 is 1.19 bits per heavy atom. The summed E-state index contributed by atoms with van der Waals surface area (Å²) in [6, 6.07) is 3.75. The van der Waals surface area contributed by atoms with Gasteiger partial charge in [-0.1, -0.05) is 27.7 Å². The third kappa shape index (κ3) is 6.25. The van der Waals surface area contributed by atoms with Crippen molar-refractivity contribution >= 4 is 11.6 Å². The maximum absolute atomic E-state index is 12.5. The Kier molecular flexibility index (Phi) is 7.49. The van der Waals surface area contributed by atoms with Crippen molar-refractivity contribution in [1.29, 1.82) is 0 Å². The molecule has 0 aromatic carbocycles. The summed E-state index contributed by atoms with van der Waals surface area (Å²) < 4.78 is 5.88. The van der Waals surface area contributed by atoms with Crippen LogP contribution in [0.15, 0.2) is 18.3 Å². The van der Waals surface area contributed by atoms with Gasteiger partial charge in [-0.2, -0.15) is 0 Å². The van der Waals surface area contributed by atoms with Crippen LogP contribution in [0.5, 0.6) is 5.75 Å². The molecule has 0 amide bonds. The number of rotatable bonds is 10. The molecule has 0 saturated carbocycles. The maximum Gasteiger partial charge on any atom is 0.180 e. The lowest BCUT2D eigenvalue weighted by molar-refractivity contribution is -0.118. The fourth-order valence-electron chi connectivity index (χ4n) is 4.10. The van der Waals surface area contributed by atoms with Crippen molar-refractivity contribution in [1.82, 2.24) is 19.9 Å². The van der Waals surface area contributed by atoms with Gasteiger partial charge < -0.3 is 14.5 Å². The zero-order valence-corrected chi connectivity index (χ0v) is 20.6. The molecule has 174 valence electrons. The van der Waals surface area contributed by atoms with Gasteiger partial charge in [0.25, 0.3) is 0 Å². The van der Waals surface area contributed by atoms with Crippen LogP contribution < -0.4 is 9.64 Å². The molecule has 1 aliphatic carbocycles. The first kappa shape index (κ1) is 24.1. The second-order valence-corrected chi connectivity index (χ2v) is 10.3. The predicted molar refractivity (Wildman–Crippen MR) is 128 cm³/mol. The van der Waals surface area contributed by atoms with Crippen LogP contribution in [0, 0.1) is 11.3 Å². The molecule has 7 nitrogen and oxygen atoms in total. The van der Waals surface area contributed by atoms with Crippen molar-refractivity contribution in [2.75, 3.05) is 45.7 Å². The number of nitrogens with zero attached hydrogens (tertiary/aromatic N) is 5. The lowest BCUT2D eigenvalue weighted by atomic mass is 9.90. The van der Waals surface area contributed by atoms with E-state index in [-0.39, 0.29) is 11.2 Å². The van der Waals surface area contributed by atoms with Crippen LogP contribution in [0.25, 0.3) is 11.5 Å². The minimum absolute atomic E-state index is 0.123. The van der Waals surface area contributed by atoms with E-state index in [0.29, 0.717) is 37.0 Å². The molecule has 3 rings (SSSR count). The summed E-state index contributed by atoms with van der Waals surface area (Å²) in [5.74, 6) is 2.75. The molecule has 0 spiro atoms. The molecule has 2 aromatic heterocycles. The monoisotopic (exact) mass is 439 g/mol. The molecule has 0 bridgehead atoms. The summed E-state index contributed by atoms with van der Waals surface area (Å²) in [5, 5.41) is 0. The van der Waals surface area contributed by atoms with Crippen LogP contribution in [-0.4, -0.2) is 66.5 Å². The van der Waals surface area contributed by atoms with Crippen molar-refractivity contribution in [2.24, 2.45) is 11.3 Å². The van der Waals surface area contributed by atoms with Gasteiger partial charge in [-0.15, -0.1) is 0 Å². The van der Waals surface area contributed by atoms with Crippen molar-refractivity contribution in [3.05, 3.63) is 29.6 Å². The van der Waals surface area contributed by atoms with E-state index in [1.807, 2.05) is 38.2 Å². The molecule has 2 aromatic rings. The summed E-state index contributed by atoms with van der Waals surface area (Å²) >= 11 is 0. The quantitative estimate of drug-likeness (QED) is 0.559. The molecule has 32 heavy (non-hydrogen) atoms. The minimum atomic E-state index is 0.123. The Morgan fingerprint density at radius 2 is 1.94 bits per heavy atom. The molecule has 0 unspecified atom stereocenters. The Balaban J connectivity index is 1.91. The Hall–Kier alpha value is -2.54. The zero-order valence-electron chi connectivity index (χ0n) is 20.6. The number of pyridine rings is 1. The van der Waals surface area contributed by atoms with Gasteiger partial charge in [-0.05, 0) is 44.3 Å². The van der Waals surface area contributed by atoms with Gasteiger partial charge in [0.05, 0.1) is 12.2 Å². The highest BCUT2D eigenvalue weighted by Gasteiger charge is 2.34. The number of hydrogen-bond acceptors (Lipinski definition) is 7. The molecular formula is C25H37N5O2. The van der Waals surface area contributed by atoms with Gasteiger partial charge in [0.2, 0.25) is 0 Å². The van der Waals surface area contributed by atoms with Crippen LogP contribution >= 0.6 is 0 Å². The summed E-state index contributed by atoms with van der Waals surface area (Å²) in [7, 11) is 5.99. The SMILES string of the molecule is CC(C)CC(=O)CN(C)c1nc(-c2cc(OCCN(C)C)ccn2)nc2c1CC(C)(C)C2. The van der Waals surface area contributed by atoms with Crippen LogP contribution in [0.2, 0.25) is 0 Å². The topological polar surface area (TPSA) is 71.5 Å². The molecule has 0 saturated heterocycles. The van der Waals surface area contributed by atoms with Crippen LogP contribution in [0.4, 0.5) is 5.82 Å². The van der Waals surface area contributed by atoms with Crippen molar-refractivity contribution in [2.45, 2.75) is 47.0 Å². The van der Waals surface area contributed by atoms with Crippen LogP contribution in [-0.2, 0) is 17.6 Å². The third-order valence-corrected chi connectivity index (χ3v) is 5.55. The largest absolute Gasteiger partial charge is 0.492 e. The molecule has 0 N–H and O–H groups in total. The Bertz CT molecular complexity index is 955. The highest BCUT2D eigenvalue weighted by Crippen LogP contribution is 2.40. The second-order valence-electron chi connectivity index (χ2n) is 10.3. The van der Waals surface area contributed by atoms with Crippen LogP contribution in [0.1, 0.15) is 45.4 Å². The normalized spacial score (nSPS) is 14.7. The number of anilines is 1. The molecule has 0 aliphatic heterocycles. The second kappa shape index (κ2) is 9.94. The number of carbonyl (C=O) groups is 1.